The van der Waals surface area contributed by atoms with Gasteiger partial charge in [-0.2, -0.15) is 0 Å². The van der Waals surface area contributed by atoms with E-state index in [0.29, 0.717) is 0 Å². The predicted octanol–water partition coefficient (Wildman–Crippen LogP) is 3.31. The van der Waals surface area contributed by atoms with Crippen LogP contribution in [0.15, 0.2) is 28.7 Å². The Balaban J connectivity index is 2.81. The van der Waals surface area contributed by atoms with Crippen LogP contribution in [0.3, 0.4) is 0 Å². The average Bonchev–Trinajstić information content (AvgIpc) is 2.19. The quantitative estimate of drug-likeness (QED) is 0.776. The molecule has 14 heavy (non-hydrogen) atoms. The van der Waals surface area contributed by atoms with E-state index in [-0.39, 0.29) is 0 Å². The van der Waals surface area contributed by atoms with Gasteiger partial charge in [0.2, 0.25) is 0 Å². The van der Waals surface area contributed by atoms with Gasteiger partial charge < -0.3 is 4.74 Å². The third-order valence-corrected chi connectivity index (χ3v) is 2.96. The van der Waals surface area contributed by atoms with Crippen molar-refractivity contribution in [3.8, 4) is 5.75 Å². The van der Waals surface area contributed by atoms with E-state index >= 15 is 0 Å². The molecule has 2 rings (SSSR count). The van der Waals surface area contributed by atoms with Gasteiger partial charge in [0.15, 0.2) is 0 Å². The molecule has 1 heterocycles. The van der Waals surface area contributed by atoms with Crippen LogP contribution in [0, 0.1) is 6.92 Å². The van der Waals surface area contributed by atoms with Crippen molar-refractivity contribution >= 4 is 26.8 Å². The molecule has 0 aliphatic heterocycles. The number of fused-ring (bicyclic) bond motifs is 1. The monoisotopic (exact) mass is 251 g/mol. The van der Waals surface area contributed by atoms with Crippen molar-refractivity contribution in [1.82, 2.24) is 4.98 Å². The first kappa shape index (κ1) is 9.46. The van der Waals surface area contributed by atoms with Gasteiger partial charge in [-0.15, -0.1) is 0 Å². The van der Waals surface area contributed by atoms with E-state index in [2.05, 4.69) is 27.0 Å². The number of methoxy groups -OCH3 is 1. The van der Waals surface area contributed by atoms with Crippen LogP contribution in [0.4, 0.5) is 0 Å². The Kier molecular flexibility index (Phi) is 2.42. The van der Waals surface area contributed by atoms with Gasteiger partial charge in [0, 0.05) is 9.86 Å². The molecule has 72 valence electrons. The van der Waals surface area contributed by atoms with Crippen molar-refractivity contribution in [1.29, 1.82) is 0 Å². The molecule has 0 saturated heterocycles. The predicted molar refractivity (Wildman–Crippen MR) is 60.7 cm³/mol. The van der Waals surface area contributed by atoms with Gasteiger partial charge >= 0.3 is 0 Å². The zero-order chi connectivity index (χ0) is 10.1. The SMILES string of the molecule is COc1cccc2cc(Br)c(C)nc12. The van der Waals surface area contributed by atoms with Crippen LogP contribution in [0.1, 0.15) is 5.69 Å². The number of para-hydroxylation sites is 1. The summed E-state index contributed by atoms with van der Waals surface area (Å²) in [5.41, 5.74) is 1.89. The van der Waals surface area contributed by atoms with Crippen molar-refractivity contribution in [3.05, 3.63) is 34.4 Å². The maximum atomic E-state index is 5.24. The minimum atomic E-state index is 0.818. The maximum Gasteiger partial charge on any atom is 0.145 e. The number of ether oxygens (including phenoxy) is 1. The summed E-state index contributed by atoms with van der Waals surface area (Å²) in [4.78, 5) is 4.47. The second-order valence-corrected chi connectivity index (χ2v) is 3.94. The highest BCUT2D eigenvalue weighted by molar-refractivity contribution is 9.10. The van der Waals surface area contributed by atoms with E-state index in [9.17, 15) is 0 Å². The Labute approximate surface area is 91.0 Å². The maximum absolute atomic E-state index is 5.24. The van der Waals surface area contributed by atoms with E-state index in [1.54, 1.807) is 7.11 Å². The van der Waals surface area contributed by atoms with E-state index in [0.717, 1.165) is 26.8 Å². The number of benzene rings is 1. The van der Waals surface area contributed by atoms with Crippen LogP contribution in [0.5, 0.6) is 5.75 Å². The zero-order valence-electron chi connectivity index (χ0n) is 8.04. The fourth-order valence-corrected chi connectivity index (χ4v) is 1.74. The number of halogens is 1. The molecule has 0 amide bonds. The average molecular weight is 252 g/mol. The number of rotatable bonds is 1. The van der Waals surface area contributed by atoms with Crippen molar-refractivity contribution in [2.75, 3.05) is 7.11 Å². The molecule has 2 nitrogen and oxygen atoms in total. The van der Waals surface area contributed by atoms with E-state index in [4.69, 9.17) is 4.74 Å². The summed E-state index contributed by atoms with van der Waals surface area (Å²) in [6.45, 7) is 1.97. The minimum absolute atomic E-state index is 0.818. The van der Waals surface area contributed by atoms with Gasteiger partial charge in [-0.3, -0.25) is 0 Å². The van der Waals surface area contributed by atoms with E-state index < -0.39 is 0 Å². The topological polar surface area (TPSA) is 22.1 Å². The van der Waals surface area contributed by atoms with Gasteiger partial charge in [0.05, 0.1) is 12.8 Å². The molecule has 0 unspecified atom stereocenters. The summed E-state index contributed by atoms with van der Waals surface area (Å²) in [6, 6.07) is 7.96. The van der Waals surface area contributed by atoms with Crippen LogP contribution in [-0.2, 0) is 0 Å². The molecule has 0 saturated carbocycles. The molecular formula is C11H10BrNO. The number of hydrogen-bond donors (Lipinski definition) is 0. The third kappa shape index (κ3) is 1.48. The summed E-state index contributed by atoms with van der Waals surface area (Å²) in [7, 11) is 1.66. The number of aryl methyl sites for hydroxylation is 1. The first-order valence-electron chi connectivity index (χ1n) is 4.32. The molecule has 2 aromatic rings. The van der Waals surface area contributed by atoms with Crippen molar-refractivity contribution < 1.29 is 4.74 Å². The van der Waals surface area contributed by atoms with E-state index in [1.165, 1.54) is 0 Å². The molecule has 1 aromatic carbocycles. The highest BCUT2D eigenvalue weighted by atomic mass is 79.9. The lowest BCUT2D eigenvalue weighted by Gasteiger charge is -2.06. The molecule has 0 aliphatic rings. The fourth-order valence-electron chi connectivity index (χ4n) is 1.40. The number of aromatic nitrogens is 1. The zero-order valence-corrected chi connectivity index (χ0v) is 9.63. The first-order valence-corrected chi connectivity index (χ1v) is 5.11. The van der Waals surface area contributed by atoms with Crippen LogP contribution >= 0.6 is 15.9 Å². The second-order valence-electron chi connectivity index (χ2n) is 3.09. The van der Waals surface area contributed by atoms with Crippen molar-refractivity contribution in [2.24, 2.45) is 0 Å². The lowest BCUT2D eigenvalue weighted by molar-refractivity contribution is 0.419. The summed E-state index contributed by atoms with van der Waals surface area (Å²) in [5.74, 6) is 0.818. The Morgan fingerprint density at radius 2 is 2.14 bits per heavy atom. The molecule has 0 radical (unpaired) electrons. The van der Waals surface area contributed by atoms with Gasteiger partial charge in [-0.1, -0.05) is 12.1 Å². The highest BCUT2D eigenvalue weighted by Crippen LogP contribution is 2.27. The molecule has 0 bridgehead atoms. The standard InChI is InChI=1S/C11H10BrNO/c1-7-9(12)6-8-4-3-5-10(14-2)11(8)13-7/h3-6H,1-2H3. The minimum Gasteiger partial charge on any atom is -0.494 e. The lowest BCUT2D eigenvalue weighted by Crippen LogP contribution is -1.90. The summed E-state index contributed by atoms with van der Waals surface area (Å²) < 4.78 is 6.27. The van der Waals surface area contributed by atoms with Gasteiger partial charge in [0.1, 0.15) is 11.3 Å². The van der Waals surface area contributed by atoms with Crippen LogP contribution in [0.25, 0.3) is 10.9 Å². The van der Waals surface area contributed by atoms with Gasteiger partial charge in [0.25, 0.3) is 0 Å². The summed E-state index contributed by atoms with van der Waals surface area (Å²) in [5, 5.41) is 1.09. The number of nitrogens with zero attached hydrogens (tertiary/aromatic N) is 1. The van der Waals surface area contributed by atoms with Crippen LogP contribution in [-0.4, -0.2) is 12.1 Å². The Hall–Kier alpha value is -1.09. The Morgan fingerprint density at radius 1 is 1.36 bits per heavy atom. The third-order valence-electron chi connectivity index (χ3n) is 2.16. The van der Waals surface area contributed by atoms with E-state index in [1.807, 2.05) is 25.1 Å². The largest absolute Gasteiger partial charge is 0.494 e. The normalized spacial score (nSPS) is 10.5. The van der Waals surface area contributed by atoms with Gasteiger partial charge in [-0.05, 0) is 35.0 Å². The van der Waals surface area contributed by atoms with Crippen LogP contribution < -0.4 is 4.74 Å². The Bertz CT molecular complexity index is 482. The Morgan fingerprint density at radius 3 is 2.86 bits per heavy atom. The molecule has 0 aliphatic carbocycles. The molecule has 0 atom stereocenters. The molecule has 3 heteroatoms. The molecule has 1 aromatic heterocycles. The summed E-state index contributed by atoms with van der Waals surface area (Å²) in [6.07, 6.45) is 0. The first-order chi connectivity index (χ1) is 6.72. The second kappa shape index (κ2) is 3.58. The van der Waals surface area contributed by atoms with Crippen molar-refractivity contribution in [3.63, 3.8) is 0 Å². The van der Waals surface area contributed by atoms with Crippen LogP contribution in [0.2, 0.25) is 0 Å². The van der Waals surface area contributed by atoms with Crippen molar-refractivity contribution in [2.45, 2.75) is 6.92 Å². The molecule has 0 spiro atoms. The number of pyridine rings is 1. The molecule has 0 N–H and O–H groups in total. The van der Waals surface area contributed by atoms with Gasteiger partial charge in [-0.25, -0.2) is 4.98 Å². The number of hydrogen-bond acceptors (Lipinski definition) is 2. The smallest absolute Gasteiger partial charge is 0.145 e. The molecular weight excluding hydrogens is 242 g/mol. The highest BCUT2D eigenvalue weighted by Gasteiger charge is 2.04. The molecule has 0 fully saturated rings. The summed E-state index contributed by atoms with van der Waals surface area (Å²) >= 11 is 3.46. The lowest BCUT2D eigenvalue weighted by atomic mass is 10.2. The fraction of sp³-hybridized carbons (Fsp3) is 0.182.